The van der Waals surface area contributed by atoms with Gasteiger partial charge in [0.25, 0.3) is 0 Å². The Morgan fingerprint density at radius 1 is 1.15 bits per heavy atom. The van der Waals surface area contributed by atoms with Crippen molar-refractivity contribution in [2.24, 2.45) is 5.73 Å². The first-order chi connectivity index (χ1) is 9.54. The number of benzene rings is 2. The normalized spacial score (nSPS) is 16.9. The van der Waals surface area contributed by atoms with E-state index >= 15 is 0 Å². The quantitative estimate of drug-likeness (QED) is 0.770. The first kappa shape index (κ1) is 14.1. The van der Waals surface area contributed by atoms with E-state index in [1.165, 1.54) is 0 Å². The van der Waals surface area contributed by atoms with E-state index in [9.17, 15) is 4.79 Å². The fourth-order valence-electron chi connectivity index (χ4n) is 1.99. The van der Waals surface area contributed by atoms with Crippen molar-refractivity contribution in [1.29, 1.82) is 0 Å². The summed E-state index contributed by atoms with van der Waals surface area (Å²) in [6, 6.07) is 11.4. The van der Waals surface area contributed by atoms with Gasteiger partial charge in [0.15, 0.2) is 0 Å². The van der Waals surface area contributed by atoms with E-state index in [1.807, 2.05) is 36.4 Å². The number of nitrogens with two attached hydrogens (primary N) is 1. The number of fused-ring (bicyclic) bond motifs is 1. The largest absolute Gasteiger partial charge is 0.324 e. The highest BCUT2D eigenvalue weighted by Crippen LogP contribution is 2.40. The van der Waals surface area contributed by atoms with Gasteiger partial charge in [-0.1, -0.05) is 27.7 Å². The molecule has 0 saturated carbocycles. The molecule has 0 aromatic heterocycles. The zero-order chi connectivity index (χ0) is 14.3. The summed E-state index contributed by atoms with van der Waals surface area (Å²) in [5, 5.41) is 2.80. The lowest BCUT2D eigenvalue weighted by molar-refractivity contribution is -0.116. The van der Waals surface area contributed by atoms with Gasteiger partial charge in [-0.05, 0) is 52.3 Å². The molecule has 3 rings (SSSR count). The van der Waals surface area contributed by atoms with Crippen LogP contribution in [0.25, 0.3) is 0 Å². The molecular formula is C14H10Br2N2OS. The molecule has 1 unspecified atom stereocenters. The van der Waals surface area contributed by atoms with Gasteiger partial charge < -0.3 is 11.1 Å². The third-order valence-electron chi connectivity index (χ3n) is 3.02. The van der Waals surface area contributed by atoms with Crippen molar-refractivity contribution in [3.05, 3.63) is 50.9 Å². The van der Waals surface area contributed by atoms with Crippen molar-refractivity contribution in [2.75, 3.05) is 5.32 Å². The Labute approximate surface area is 137 Å². The zero-order valence-corrected chi connectivity index (χ0v) is 14.2. The predicted octanol–water partition coefficient (Wildman–Crippen LogP) is 4.31. The monoisotopic (exact) mass is 412 g/mol. The van der Waals surface area contributed by atoms with E-state index in [4.69, 9.17) is 5.73 Å². The molecule has 0 bridgehead atoms. The van der Waals surface area contributed by atoms with Crippen LogP contribution in [0.2, 0.25) is 0 Å². The summed E-state index contributed by atoms with van der Waals surface area (Å²) in [4.78, 5) is 13.8. The molecule has 1 amide bonds. The zero-order valence-electron chi connectivity index (χ0n) is 10.2. The third kappa shape index (κ3) is 2.65. The summed E-state index contributed by atoms with van der Waals surface area (Å²) >= 11 is 8.60. The Hall–Kier alpha value is -0.820. The Balaban J connectivity index is 1.94. The van der Waals surface area contributed by atoms with Crippen LogP contribution in [0, 0.1) is 0 Å². The number of halogens is 2. The van der Waals surface area contributed by atoms with Gasteiger partial charge in [0.05, 0.1) is 0 Å². The van der Waals surface area contributed by atoms with Gasteiger partial charge in [0, 0.05) is 30.0 Å². The fraction of sp³-hybridized carbons (Fsp3) is 0.0714. The third-order valence-corrected chi connectivity index (χ3v) is 5.53. The lowest BCUT2D eigenvalue weighted by Gasteiger charge is -2.08. The highest BCUT2D eigenvalue weighted by atomic mass is 79.9. The lowest BCUT2D eigenvalue weighted by Crippen LogP contribution is -2.19. The molecule has 2 aromatic rings. The molecule has 1 aliphatic rings. The average Bonchev–Trinajstić information content (AvgIpc) is 2.69. The van der Waals surface area contributed by atoms with Crippen LogP contribution in [0.4, 0.5) is 5.69 Å². The maximum absolute atomic E-state index is 11.6. The van der Waals surface area contributed by atoms with E-state index in [2.05, 4.69) is 37.2 Å². The summed E-state index contributed by atoms with van der Waals surface area (Å²) in [7, 11) is 0. The van der Waals surface area contributed by atoms with Gasteiger partial charge in [0.1, 0.15) is 6.04 Å². The minimum atomic E-state index is -0.576. The summed E-state index contributed by atoms with van der Waals surface area (Å²) in [6.45, 7) is 0. The molecule has 3 N–H and O–H groups in total. The van der Waals surface area contributed by atoms with Gasteiger partial charge in [-0.25, -0.2) is 0 Å². The summed E-state index contributed by atoms with van der Waals surface area (Å²) in [5.74, 6) is -0.155. The number of rotatable bonds is 2. The molecule has 20 heavy (non-hydrogen) atoms. The van der Waals surface area contributed by atoms with Gasteiger partial charge in [-0.2, -0.15) is 0 Å². The molecule has 1 atom stereocenters. The van der Waals surface area contributed by atoms with Crippen LogP contribution in [0.1, 0.15) is 11.6 Å². The second-order valence-electron chi connectivity index (χ2n) is 4.39. The summed E-state index contributed by atoms with van der Waals surface area (Å²) in [6.07, 6.45) is 0. The predicted molar refractivity (Wildman–Crippen MR) is 88.0 cm³/mol. The molecule has 102 valence electrons. The highest BCUT2D eigenvalue weighted by Gasteiger charge is 2.28. The molecular weight excluding hydrogens is 404 g/mol. The van der Waals surface area contributed by atoms with Crippen LogP contribution < -0.4 is 11.1 Å². The highest BCUT2D eigenvalue weighted by molar-refractivity contribution is 9.10. The van der Waals surface area contributed by atoms with Gasteiger partial charge in [0.2, 0.25) is 5.91 Å². The van der Waals surface area contributed by atoms with Crippen LogP contribution in [0.3, 0.4) is 0 Å². The molecule has 1 heterocycles. The SMILES string of the molecule is NC1C(=O)Nc2cc(Sc3ccc(Br)cc3)c(Br)cc21. The molecule has 0 spiro atoms. The lowest BCUT2D eigenvalue weighted by atomic mass is 10.1. The number of nitrogens with one attached hydrogen (secondary N) is 1. The van der Waals surface area contributed by atoms with Crippen LogP contribution in [0.5, 0.6) is 0 Å². The number of hydrogen-bond acceptors (Lipinski definition) is 3. The topological polar surface area (TPSA) is 55.1 Å². The Morgan fingerprint density at radius 3 is 2.55 bits per heavy atom. The minimum absolute atomic E-state index is 0.155. The molecule has 0 fully saturated rings. The number of amides is 1. The number of carbonyl (C=O) groups is 1. The maximum Gasteiger partial charge on any atom is 0.245 e. The maximum atomic E-state index is 11.6. The van der Waals surface area contributed by atoms with E-state index < -0.39 is 6.04 Å². The molecule has 3 nitrogen and oxygen atoms in total. The van der Waals surface area contributed by atoms with Crippen molar-refractivity contribution < 1.29 is 4.79 Å². The van der Waals surface area contributed by atoms with Crippen LogP contribution in [0.15, 0.2) is 55.1 Å². The average molecular weight is 414 g/mol. The second-order valence-corrected chi connectivity index (χ2v) is 7.28. The molecule has 0 radical (unpaired) electrons. The number of carbonyl (C=O) groups excluding carboxylic acids is 1. The van der Waals surface area contributed by atoms with Crippen molar-refractivity contribution in [3.63, 3.8) is 0 Å². The van der Waals surface area contributed by atoms with Crippen molar-refractivity contribution in [2.45, 2.75) is 15.8 Å². The van der Waals surface area contributed by atoms with Crippen LogP contribution >= 0.6 is 43.6 Å². The fourth-order valence-corrected chi connectivity index (χ4v) is 3.72. The molecule has 0 saturated heterocycles. The Morgan fingerprint density at radius 2 is 1.85 bits per heavy atom. The first-order valence-corrected chi connectivity index (χ1v) is 8.28. The van der Waals surface area contributed by atoms with Gasteiger partial charge in [-0.3, -0.25) is 4.79 Å². The second kappa shape index (κ2) is 5.52. The molecule has 6 heteroatoms. The van der Waals surface area contributed by atoms with E-state index in [0.29, 0.717) is 0 Å². The first-order valence-electron chi connectivity index (χ1n) is 5.88. The van der Waals surface area contributed by atoms with E-state index in [-0.39, 0.29) is 5.91 Å². The van der Waals surface area contributed by atoms with Crippen molar-refractivity contribution in [1.82, 2.24) is 0 Å². The van der Waals surface area contributed by atoms with Crippen LogP contribution in [-0.2, 0) is 4.79 Å². The van der Waals surface area contributed by atoms with Gasteiger partial charge >= 0.3 is 0 Å². The molecule has 1 aliphatic heterocycles. The Kier molecular flexibility index (Phi) is 3.90. The summed E-state index contributed by atoms with van der Waals surface area (Å²) in [5.41, 5.74) is 7.46. The summed E-state index contributed by atoms with van der Waals surface area (Å²) < 4.78 is 1.99. The molecule has 2 aromatic carbocycles. The number of hydrogen-bond donors (Lipinski definition) is 2. The van der Waals surface area contributed by atoms with Crippen molar-refractivity contribution in [3.8, 4) is 0 Å². The van der Waals surface area contributed by atoms with Gasteiger partial charge in [-0.15, -0.1) is 0 Å². The van der Waals surface area contributed by atoms with Crippen LogP contribution in [-0.4, -0.2) is 5.91 Å². The molecule has 0 aliphatic carbocycles. The van der Waals surface area contributed by atoms with E-state index in [0.717, 1.165) is 30.0 Å². The Bertz CT molecular complexity index is 688. The minimum Gasteiger partial charge on any atom is -0.324 e. The smallest absolute Gasteiger partial charge is 0.245 e. The standard InChI is InChI=1S/C14H10Br2N2OS/c15-7-1-3-8(4-2-7)20-12-6-11-9(5-10(12)16)13(17)14(19)18-11/h1-6,13H,17H2,(H,18,19). The number of anilines is 1. The van der Waals surface area contributed by atoms with E-state index in [1.54, 1.807) is 11.8 Å². The van der Waals surface area contributed by atoms with Crippen molar-refractivity contribution >= 4 is 55.2 Å².